The van der Waals surface area contributed by atoms with Crippen molar-refractivity contribution in [2.75, 3.05) is 35.5 Å². The normalized spacial score (nSPS) is 12.1. The number of hydrogen-bond donors (Lipinski definition) is 2. The van der Waals surface area contributed by atoms with Crippen molar-refractivity contribution in [2.45, 2.75) is 32.4 Å². The molecule has 41 heavy (non-hydrogen) atoms. The number of nitrogens with zero attached hydrogens (tertiary/aromatic N) is 3. The number of carboxylic acids is 1. The number of carbonyl (C=O) groups is 1. The Morgan fingerprint density at radius 2 is 1.76 bits per heavy atom. The van der Waals surface area contributed by atoms with Gasteiger partial charge in [-0.25, -0.2) is 4.98 Å². The van der Waals surface area contributed by atoms with E-state index in [1.54, 1.807) is 45.0 Å². The molecule has 224 valence electrons. The van der Waals surface area contributed by atoms with Gasteiger partial charge in [-0.2, -0.15) is 8.42 Å². The van der Waals surface area contributed by atoms with Gasteiger partial charge in [-0.1, -0.05) is 17.4 Å². The maximum atomic E-state index is 13.4. The molecular formula is C26H32Cl2N4O7S2. The van der Waals surface area contributed by atoms with Gasteiger partial charge in [0.25, 0.3) is 0 Å². The summed E-state index contributed by atoms with van der Waals surface area (Å²) in [5, 5.41) is 19.6. The Bertz CT molecular complexity index is 1410. The Balaban J connectivity index is 0.000000745. The van der Waals surface area contributed by atoms with Crippen molar-refractivity contribution in [3.05, 3.63) is 75.3 Å². The summed E-state index contributed by atoms with van der Waals surface area (Å²) in [7, 11) is -4.36. The number of nitrogens with two attached hydrogens (primary N) is 1. The number of carboxylic acid groups (broad SMARTS) is 1. The van der Waals surface area contributed by atoms with Crippen molar-refractivity contribution in [2.24, 2.45) is 5.41 Å². The molecule has 0 spiro atoms. The lowest BCUT2D eigenvalue weighted by molar-refractivity contribution is -0.380. The fraction of sp³-hybridized carbons (Fsp3) is 0.385. The zero-order valence-electron chi connectivity index (χ0n) is 22.7. The quantitative estimate of drug-likeness (QED) is 0.107. The van der Waals surface area contributed by atoms with Gasteiger partial charge in [0.05, 0.1) is 15.9 Å². The number of nitrogen functional groups attached to an aromatic ring is 1. The number of halogens is 2. The standard InChI is InChI=1S/C21H22Cl2N4O5S2.C5H10O2/c22-8-11-26(12-9-23)16-3-5-17(6-4-16)32-34(30,31)19(14-15-2-1-10-25-20(15)24)18-7-13-33-21(18)27(28)29;1-5(2,3)4(6)7/h1-7,10,13,19H,8-9,11-12,14H2,(H2,24,25);1-3H3,(H,6,7). The van der Waals surface area contributed by atoms with Gasteiger partial charge < -0.3 is 19.9 Å². The molecule has 0 aliphatic heterocycles. The zero-order valence-corrected chi connectivity index (χ0v) is 25.8. The number of pyridine rings is 1. The molecule has 3 aromatic rings. The Hall–Kier alpha value is -3.13. The van der Waals surface area contributed by atoms with E-state index in [0.717, 1.165) is 17.0 Å². The Labute approximate surface area is 253 Å². The molecule has 1 atom stereocenters. The van der Waals surface area contributed by atoms with E-state index in [1.165, 1.54) is 29.8 Å². The second-order valence-electron chi connectivity index (χ2n) is 9.67. The highest BCUT2D eigenvalue weighted by atomic mass is 35.5. The Morgan fingerprint density at radius 3 is 2.24 bits per heavy atom. The van der Waals surface area contributed by atoms with Crippen LogP contribution in [0.5, 0.6) is 5.75 Å². The molecule has 11 nitrogen and oxygen atoms in total. The van der Waals surface area contributed by atoms with Crippen LogP contribution in [0.2, 0.25) is 0 Å². The van der Waals surface area contributed by atoms with Crippen LogP contribution in [0, 0.1) is 15.5 Å². The van der Waals surface area contributed by atoms with Crippen molar-refractivity contribution < 1.29 is 27.4 Å². The molecule has 0 bridgehead atoms. The Morgan fingerprint density at radius 1 is 1.17 bits per heavy atom. The lowest BCUT2D eigenvalue weighted by Gasteiger charge is -2.23. The van der Waals surface area contributed by atoms with Crippen LogP contribution in [0.15, 0.2) is 54.0 Å². The van der Waals surface area contributed by atoms with E-state index >= 15 is 0 Å². The molecule has 0 aliphatic carbocycles. The van der Waals surface area contributed by atoms with E-state index in [9.17, 15) is 23.3 Å². The third kappa shape index (κ3) is 10.0. The zero-order chi connectivity index (χ0) is 30.8. The van der Waals surface area contributed by atoms with Gasteiger partial charge in [0.2, 0.25) is 0 Å². The summed E-state index contributed by atoms with van der Waals surface area (Å²) in [5.41, 5.74) is 6.60. The van der Waals surface area contributed by atoms with Crippen molar-refractivity contribution in [1.29, 1.82) is 0 Å². The summed E-state index contributed by atoms with van der Waals surface area (Å²) in [6.07, 6.45) is 1.34. The maximum Gasteiger partial charge on any atom is 0.328 e. The van der Waals surface area contributed by atoms with Gasteiger partial charge in [0.15, 0.2) is 0 Å². The SMILES string of the molecule is CC(C)(C)C(=O)O.Nc1ncccc1CC(c1ccsc1[N+](=O)[O-])S(=O)(=O)Oc1ccc(N(CCCl)CCCl)cc1. The average molecular weight is 648 g/mol. The molecule has 1 aromatic carbocycles. The fourth-order valence-corrected chi connectivity index (χ4v) is 6.01. The molecule has 0 saturated heterocycles. The number of rotatable bonds is 12. The summed E-state index contributed by atoms with van der Waals surface area (Å²) in [6.45, 7) is 6.13. The highest BCUT2D eigenvalue weighted by Crippen LogP contribution is 2.39. The highest BCUT2D eigenvalue weighted by molar-refractivity contribution is 7.87. The Kier molecular flexibility index (Phi) is 12.6. The monoisotopic (exact) mass is 646 g/mol. The van der Waals surface area contributed by atoms with E-state index in [2.05, 4.69) is 4.98 Å². The van der Waals surface area contributed by atoms with Crippen LogP contribution in [-0.4, -0.2) is 54.3 Å². The van der Waals surface area contributed by atoms with Crippen LogP contribution in [0.1, 0.15) is 37.1 Å². The third-order valence-corrected chi connectivity index (χ3v) is 8.39. The molecule has 0 amide bonds. The van der Waals surface area contributed by atoms with Gasteiger partial charge in [0, 0.05) is 43.2 Å². The minimum absolute atomic E-state index is 0.0327. The van der Waals surface area contributed by atoms with Crippen LogP contribution in [0.25, 0.3) is 0 Å². The van der Waals surface area contributed by atoms with E-state index in [-0.39, 0.29) is 28.6 Å². The van der Waals surface area contributed by atoms with E-state index in [4.69, 9.17) is 38.2 Å². The number of thiophene rings is 1. The predicted molar refractivity (Wildman–Crippen MR) is 163 cm³/mol. The number of anilines is 2. The number of aromatic nitrogens is 1. The van der Waals surface area contributed by atoms with Gasteiger partial charge >= 0.3 is 21.1 Å². The van der Waals surface area contributed by atoms with Crippen molar-refractivity contribution >= 4 is 67.1 Å². The molecular weight excluding hydrogens is 615 g/mol. The number of nitro groups is 1. The first-order valence-electron chi connectivity index (χ1n) is 12.3. The third-order valence-electron chi connectivity index (χ3n) is 5.63. The minimum Gasteiger partial charge on any atom is -0.481 e. The van der Waals surface area contributed by atoms with Crippen LogP contribution in [-0.2, 0) is 21.3 Å². The second kappa shape index (κ2) is 15.2. The van der Waals surface area contributed by atoms with Gasteiger partial charge in [0.1, 0.15) is 16.8 Å². The van der Waals surface area contributed by atoms with Crippen LogP contribution >= 0.6 is 34.5 Å². The van der Waals surface area contributed by atoms with Crippen LogP contribution in [0.3, 0.4) is 0 Å². The first-order chi connectivity index (χ1) is 19.2. The topological polar surface area (TPSA) is 166 Å². The van der Waals surface area contributed by atoms with Crippen LogP contribution in [0.4, 0.5) is 16.5 Å². The van der Waals surface area contributed by atoms with Crippen molar-refractivity contribution in [3.8, 4) is 5.75 Å². The maximum absolute atomic E-state index is 13.4. The van der Waals surface area contributed by atoms with E-state index < -0.39 is 31.7 Å². The van der Waals surface area contributed by atoms with Gasteiger partial charge in [-0.15, -0.1) is 23.2 Å². The van der Waals surface area contributed by atoms with E-state index in [1.807, 2.05) is 4.90 Å². The molecule has 0 fully saturated rings. The molecule has 2 heterocycles. The summed E-state index contributed by atoms with van der Waals surface area (Å²) in [5.74, 6) is 0.267. The lowest BCUT2D eigenvalue weighted by atomic mass is 9.98. The van der Waals surface area contributed by atoms with Crippen molar-refractivity contribution in [1.82, 2.24) is 4.98 Å². The number of alkyl halides is 2. The average Bonchev–Trinajstić information content (AvgIpc) is 3.38. The molecule has 3 N–H and O–H groups in total. The minimum atomic E-state index is -4.36. The van der Waals surface area contributed by atoms with Crippen molar-refractivity contribution in [3.63, 3.8) is 0 Å². The molecule has 1 unspecified atom stereocenters. The number of benzene rings is 1. The molecule has 2 aromatic heterocycles. The smallest absolute Gasteiger partial charge is 0.328 e. The summed E-state index contributed by atoms with van der Waals surface area (Å²) >= 11 is 12.5. The largest absolute Gasteiger partial charge is 0.481 e. The number of aliphatic carboxylic acids is 1. The molecule has 0 saturated carbocycles. The first kappa shape index (κ1) is 34.1. The lowest BCUT2D eigenvalue weighted by Crippen LogP contribution is -2.27. The first-order valence-corrected chi connectivity index (χ1v) is 15.7. The molecule has 0 aliphatic rings. The van der Waals surface area contributed by atoms with E-state index in [0.29, 0.717) is 30.4 Å². The van der Waals surface area contributed by atoms with Gasteiger partial charge in [-0.05, 0) is 68.1 Å². The summed E-state index contributed by atoms with van der Waals surface area (Å²) in [6, 6.07) is 11.1. The second-order valence-corrected chi connectivity index (χ2v) is 13.0. The molecule has 3 rings (SSSR count). The molecule has 15 heteroatoms. The molecule has 0 radical (unpaired) electrons. The fourth-order valence-electron chi connectivity index (χ4n) is 3.37. The van der Waals surface area contributed by atoms with Gasteiger partial charge in [-0.3, -0.25) is 14.9 Å². The predicted octanol–water partition coefficient (Wildman–Crippen LogP) is 5.73. The number of hydrogen-bond acceptors (Lipinski definition) is 10. The highest BCUT2D eigenvalue weighted by Gasteiger charge is 2.36. The summed E-state index contributed by atoms with van der Waals surface area (Å²) < 4.78 is 32.1. The summed E-state index contributed by atoms with van der Waals surface area (Å²) in [4.78, 5) is 26.9. The van der Waals surface area contributed by atoms with Crippen LogP contribution < -0.4 is 14.8 Å².